The molecule has 0 bridgehead atoms. The molecule has 0 aromatic carbocycles. The molecular formula is C18H24N4O. The van der Waals surface area contributed by atoms with Gasteiger partial charge in [-0.05, 0) is 49.6 Å². The largest absolute Gasteiger partial charge is 0.368 e. The smallest absolute Gasteiger partial charge is 0.253 e. The Bertz CT molecular complexity index is 630. The van der Waals surface area contributed by atoms with Gasteiger partial charge in [-0.15, -0.1) is 0 Å². The Balaban J connectivity index is 1.97. The van der Waals surface area contributed by atoms with Crippen molar-refractivity contribution in [3.63, 3.8) is 0 Å². The first-order valence-corrected chi connectivity index (χ1v) is 7.97. The maximum absolute atomic E-state index is 12.5. The monoisotopic (exact) mass is 312 g/mol. The molecule has 0 saturated heterocycles. The molecule has 0 aliphatic heterocycles. The minimum Gasteiger partial charge on any atom is -0.368 e. The van der Waals surface area contributed by atoms with Crippen LogP contribution in [0.2, 0.25) is 0 Å². The van der Waals surface area contributed by atoms with E-state index in [4.69, 9.17) is 0 Å². The summed E-state index contributed by atoms with van der Waals surface area (Å²) in [6.07, 6.45) is 7.04. The van der Waals surface area contributed by atoms with E-state index in [0.29, 0.717) is 18.2 Å². The second-order valence-corrected chi connectivity index (χ2v) is 5.72. The molecule has 0 fully saturated rings. The van der Waals surface area contributed by atoms with Crippen molar-refractivity contribution in [2.45, 2.75) is 32.7 Å². The summed E-state index contributed by atoms with van der Waals surface area (Å²) in [5, 5.41) is 3.29. The van der Waals surface area contributed by atoms with Gasteiger partial charge < -0.3 is 10.2 Å². The van der Waals surface area contributed by atoms with E-state index in [1.807, 2.05) is 25.2 Å². The van der Waals surface area contributed by atoms with Crippen molar-refractivity contribution in [3.05, 3.63) is 54.0 Å². The highest BCUT2D eigenvalue weighted by atomic mass is 16.2. The second kappa shape index (κ2) is 8.27. The predicted octanol–water partition coefficient (Wildman–Crippen LogP) is 3.00. The Morgan fingerprint density at radius 3 is 2.70 bits per heavy atom. The first-order chi connectivity index (χ1) is 11.1. The van der Waals surface area contributed by atoms with Gasteiger partial charge in [0.25, 0.3) is 5.91 Å². The number of nitrogens with one attached hydrogen (secondary N) is 1. The number of hydrogen-bond acceptors (Lipinski definition) is 4. The Morgan fingerprint density at radius 1 is 1.26 bits per heavy atom. The topological polar surface area (TPSA) is 58.1 Å². The van der Waals surface area contributed by atoms with Crippen LogP contribution in [0.3, 0.4) is 0 Å². The Hall–Kier alpha value is -2.43. The van der Waals surface area contributed by atoms with Gasteiger partial charge >= 0.3 is 0 Å². The van der Waals surface area contributed by atoms with Gasteiger partial charge in [0, 0.05) is 43.8 Å². The summed E-state index contributed by atoms with van der Waals surface area (Å²) in [6, 6.07) is 7.85. The first-order valence-electron chi connectivity index (χ1n) is 7.97. The summed E-state index contributed by atoms with van der Waals surface area (Å²) >= 11 is 0. The molecule has 0 aliphatic rings. The van der Waals surface area contributed by atoms with E-state index in [0.717, 1.165) is 18.7 Å². The number of anilines is 1. The zero-order valence-corrected chi connectivity index (χ0v) is 14.0. The van der Waals surface area contributed by atoms with E-state index in [1.165, 1.54) is 5.56 Å². The van der Waals surface area contributed by atoms with Crippen molar-refractivity contribution < 1.29 is 4.79 Å². The molecule has 23 heavy (non-hydrogen) atoms. The summed E-state index contributed by atoms with van der Waals surface area (Å²) in [5.74, 6) is 0.751. The van der Waals surface area contributed by atoms with Crippen LogP contribution in [0.15, 0.2) is 42.9 Å². The molecule has 1 unspecified atom stereocenters. The van der Waals surface area contributed by atoms with Crippen molar-refractivity contribution in [1.29, 1.82) is 0 Å². The van der Waals surface area contributed by atoms with Gasteiger partial charge in [-0.2, -0.15) is 0 Å². The molecular weight excluding hydrogens is 288 g/mol. The number of aromatic nitrogens is 2. The maximum atomic E-state index is 12.5. The fourth-order valence-corrected chi connectivity index (χ4v) is 2.17. The van der Waals surface area contributed by atoms with Crippen molar-refractivity contribution in [1.82, 2.24) is 14.9 Å². The molecule has 2 aromatic rings. The summed E-state index contributed by atoms with van der Waals surface area (Å²) < 4.78 is 0. The second-order valence-electron chi connectivity index (χ2n) is 5.72. The van der Waals surface area contributed by atoms with Gasteiger partial charge in [0.15, 0.2) is 0 Å². The molecule has 0 spiro atoms. The van der Waals surface area contributed by atoms with Crippen LogP contribution in [-0.2, 0) is 6.42 Å². The van der Waals surface area contributed by atoms with E-state index in [2.05, 4.69) is 29.1 Å². The molecule has 5 heteroatoms. The summed E-state index contributed by atoms with van der Waals surface area (Å²) in [5.41, 5.74) is 1.83. The van der Waals surface area contributed by atoms with Crippen molar-refractivity contribution >= 4 is 11.7 Å². The molecule has 2 heterocycles. The van der Waals surface area contributed by atoms with E-state index in [1.54, 1.807) is 29.6 Å². The highest BCUT2D eigenvalue weighted by Gasteiger charge is 2.13. The number of amides is 1. The van der Waals surface area contributed by atoms with Gasteiger partial charge in [0.05, 0.1) is 0 Å². The molecule has 1 N–H and O–H groups in total. The van der Waals surface area contributed by atoms with E-state index in [-0.39, 0.29) is 5.91 Å². The quantitative estimate of drug-likeness (QED) is 0.854. The Morgan fingerprint density at radius 2 is 2.00 bits per heavy atom. The minimum atomic E-state index is 0.00802. The SMILES string of the molecule is CCC(C)Nc1cc(C(=O)N(C)CCc2ccncc2)ccn1. The fraction of sp³-hybridized carbons (Fsp3) is 0.389. The first kappa shape index (κ1) is 16.9. The number of nitrogens with zero attached hydrogens (tertiary/aromatic N) is 3. The number of rotatable bonds is 7. The van der Waals surface area contributed by atoms with Crippen molar-refractivity contribution in [3.8, 4) is 0 Å². The Kier molecular flexibility index (Phi) is 6.09. The van der Waals surface area contributed by atoms with Crippen molar-refractivity contribution in [2.24, 2.45) is 0 Å². The van der Waals surface area contributed by atoms with Gasteiger partial charge in [-0.3, -0.25) is 9.78 Å². The molecule has 0 aliphatic carbocycles. The van der Waals surface area contributed by atoms with E-state index < -0.39 is 0 Å². The molecule has 2 aromatic heterocycles. The average molecular weight is 312 g/mol. The van der Waals surface area contributed by atoms with Crippen LogP contribution >= 0.6 is 0 Å². The third kappa shape index (κ3) is 5.06. The zero-order chi connectivity index (χ0) is 16.7. The van der Waals surface area contributed by atoms with Gasteiger partial charge in [0.1, 0.15) is 5.82 Å². The standard InChI is InChI=1S/C18H24N4O/c1-4-14(2)21-17-13-16(7-11-20-17)18(23)22(3)12-8-15-5-9-19-10-6-15/h5-7,9-11,13-14H,4,8,12H2,1-3H3,(H,20,21). The molecule has 1 amide bonds. The number of pyridine rings is 2. The molecule has 2 rings (SSSR count). The summed E-state index contributed by atoms with van der Waals surface area (Å²) in [6.45, 7) is 4.87. The third-order valence-electron chi connectivity index (χ3n) is 3.85. The van der Waals surface area contributed by atoms with Crippen LogP contribution in [0.1, 0.15) is 36.2 Å². The number of carbonyl (C=O) groups is 1. The predicted molar refractivity (Wildman–Crippen MR) is 92.5 cm³/mol. The van der Waals surface area contributed by atoms with Crippen LogP contribution in [0.5, 0.6) is 0 Å². The summed E-state index contributed by atoms with van der Waals surface area (Å²) in [7, 11) is 1.83. The molecule has 0 radical (unpaired) electrons. The van der Waals surface area contributed by atoms with E-state index >= 15 is 0 Å². The van der Waals surface area contributed by atoms with E-state index in [9.17, 15) is 4.79 Å². The van der Waals surface area contributed by atoms with Crippen molar-refractivity contribution in [2.75, 3.05) is 18.9 Å². The highest BCUT2D eigenvalue weighted by Crippen LogP contribution is 2.11. The maximum Gasteiger partial charge on any atom is 0.253 e. The van der Waals surface area contributed by atoms with Crippen LogP contribution in [-0.4, -0.2) is 40.4 Å². The molecule has 5 nitrogen and oxygen atoms in total. The zero-order valence-electron chi connectivity index (χ0n) is 14.0. The average Bonchev–Trinajstić information content (AvgIpc) is 2.60. The van der Waals surface area contributed by atoms with Gasteiger partial charge in [-0.1, -0.05) is 6.92 Å². The van der Waals surface area contributed by atoms with Crippen LogP contribution in [0.4, 0.5) is 5.82 Å². The van der Waals surface area contributed by atoms with Crippen LogP contribution in [0.25, 0.3) is 0 Å². The normalized spacial score (nSPS) is 11.8. The number of carbonyl (C=O) groups excluding carboxylic acids is 1. The minimum absolute atomic E-state index is 0.00802. The highest BCUT2D eigenvalue weighted by molar-refractivity contribution is 5.94. The lowest BCUT2D eigenvalue weighted by molar-refractivity contribution is 0.0796. The third-order valence-corrected chi connectivity index (χ3v) is 3.85. The number of hydrogen-bond donors (Lipinski definition) is 1. The van der Waals surface area contributed by atoms with Crippen LogP contribution in [0, 0.1) is 0 Å². The molecule has 1 atom stereocenters. The lowest BCUT2D eigenvalue weighted by Crippen LogP contribution is -2.29. The molecule has 0 saturated carbocycles. The molecule has 122 valence electrons. The van der Waals surface area contributed by atoms with Crippen LogP contribution < -0.4 is 5.32 Å². The number of likely N-dealkylation sites (N-methyl/N-ethyl adjacent to an activating group) is 1. The lowest BCUT2D eigenvalue weighted by Gasteiger charge is -2.18. The van der Waals surface area contributed by atoms with Gasteiger partial charge in [0.2, 0.25) is 0 Å². The Labute approximate surface area is 137 Å². The summed E-state index contributed by atoms with van der Waals surface area (Å²) in [4.78, 5) is 22.5. The van der Waals surface area contributed by atoms with Gasteiger partial charge in [-0.25, -0.2) is 4.98 Å². The lowest BCUT2D eigenvalue weighted by atomic mass is 10.1. The fourth-order valence-electron chi connectivity index (χ4n) is 2.17.